The van der Waals surface area contributed by atoms with Crippen molar-refractivity contribution in [3.63, 3.8) is 0 Å². The Balaban J connectivity index is 2.22. The molecule has 124 valence electrons. The van der Waals surface area contributed by atoms with Gasteiger partial charge in [0, 0.05) is 0 Å². The second-order valence-electron chi connectivity index (χ2n) is 5.14. The molecule has 0 heterocycles. The molecule has 0 N–H and O–H groups in total. The molecule has 25 heavy (non-hydrogen) atoms. The van der Waals surface area contributed by atoms with Gasteiger partial charge in [-0.25, -0.2) is 0 Å². The minimum atomic E-state index is 0.0992. The smallest absolute Gasteiger partial charge is 0.153 e. The van der Waals surface area contributed by atoms with E-state index in [-0.39, 0.29) is 13.2 Å². The number of hydrogen-bond acceptors (Lipinski definition) is 4. The van der Waals surface area contributed by atoms with Gasteiger partial charge in [0.1, 0.15) is 24.7 Å². The summed E-state index contributed by atoms with van der Waals surface area (Å²) in [5.74, 6) is 5.61. The fraction of sp³-hybridized carbons (Fsp3) is 0.143. The fourth-order valence-corrected chi connectivity index (χ4v) is 2.34. The highest BCUT2D eigenvalue weighted by molar-refractivity contribution is 5.80. The van der Waals surface area contributed by atoms with E-state index >= 15 is 0 Å². The minimum Gasteiger partial charge on any atom is -0.480 e. The van der Waals surface area contributed by atoms with Gasteiger partial charge < -0.3 is 9.47 Å². The highest BCUT2D eigenvalue weighted by Crippen LogP contribution is 2.23. The Kier molecular flexibility index (Phi) is 6.39. The van der Waals surface area contributed by atoms with Gasteiger partial charge in [-0.2, -0.15) is 0 Å². The fourth-order valence-electron chi connectivity index (χ4n) is 2.34. The third-order valence-electron chi connectivity index (χ3n) is 3.43. The van der Waals surface area contributed by atoms with E-state index in [2.05, 4.69) is 11.8 Å². The zero-order chi connectivity index (χ0) is 18.1. The summed E-state index contributed by atoms with van der Waals surface area (Å²) in [4.78, 5) is 22.5. The number of carbonyl (C=O) groups excluding carboxylic acids is 2. The Morgan fingerprint density at radius 2 is 1.24 bits per heavy atom. The van der Waals surface area contributed by atoms with E-state index in [9.17, 15) is 9.59 Å². The molecule has 0 amide bonds. The molecule has 0 unspecified atom stereocenters. The Labute approximate surface area is 146 Å². The monoisotopic (exact) mass is 332 g/mol. The first-order valence-corrected chi connectivity index (χ1v) is 7.50. The first-order valence-electron chi connectivity index (χ1n) is 7.50. The van der Waals surface area contributed by atoms with Gasteiger partial charge in [0.05, 0.1) is 11.1 Å². The van der Waals surface area contributed by atoms with Crippen molar-refractivity contribution in [3.05, 3.63) is 58.7 Å². The molecular formula is C21H16O4. The van der Waals surface area contributed by atoms with Crippen molar-refractivity contribution in [1.29, 1.82) is 0 Å². The lowest BCUT2D eigenvalue weighted by Crippen LogP contribution is -2.00. The maximum atomic E-state index is 11.2. The zero-order valence-corrected chi connectivity index (χ0v) is 13.5. The lowest BCUT2D eigenvalue weighted by atomic mass is 10.0. The molecule has 2 rings (SSSR count). The third kappa shape index (κ3) is 4.73. The maximum absolute atomic E-state index is 11.2. The van der Waals surface area contributed by atoms with Crippen LogP contribution in [0.4, 0.5) is 0 Å². The van der Waals surface area contributed by atoms with Gasteiger partial charge in [-0.05, 0) is 41.8 Å². The number of carbonyl (C=O) groups is 2. The van der Waals surface area contributed by atoms with Crippen molar-refractivity contribution >= 4 is 12.6 Å². The summed E-state index contributed by atoms with van der Waals surface area (Å²) in [5, 5.41) is 0. The quantitative estimate of drug-likeness (QED) is 0.551. The summed E-state index contributed by atoms with van der Waals surface area (Å²) in [6.07, 6.45) is 12.3. The van der Waals surface area contributed by atoms with Gasteiger partial charge in [-0.3, -0.25) is 9.59 Å². The first-order chi connectivity index (χ1) is 12.2. The SMILES string of the molecule is C#CCOc1ccc(Cc2ccc(OCC#C)c(C=O)c2)cc1C=O. The molecule has 0 aromatic heterocycles. The van der Waals surface area contributed by atoms with Crippen LogP contribution in [-0.4, -0.2) is 25.8 Å². The molecule has 0 bridgehead atoms. The van der Waals surface area contributed by atoms with Crippen molar-refractivity contribution < 1.29 is 19.1 Å². The van der Waals surface area contributed by atoms with Crippen LogP contribution in [0.5, 0.6) is 11.5 Å². The minimum absolute atomic E-state index is 0.0992. The zero-order valence-electron chi connectivity index (χ0n) is 13.5. The van der Waals surface area contributed by atoms with Crippen LogP contribution in [0, 0.1) is 24.7 Å². The summed E-state index contributed by atoms with van der Waals surface area (Å²) >= 11 is 0. The average Bonchev–Trinajstić information content (AvgIpc) is 2.65. The maximum Gasteiger partial charge on any atom is 0.153 e. The molecule has 2 aromatic rings. The normalized spacial score (nSPS) is 9.52. The predicted molar refractivity (Wildman–Crippen MR) is 95.1 cm³/mol. The molecule has 0 saturated carbocycles. The molecule has 0 radical (unpaired) electrons. The van der Waals surface area contributed by atoms with Gasteiger partial charge in [0.25, 0.3) is 0 Å². The van der Waals surface area contributed by atoms with E-state index in [0.29, 0.717) is 29.0 Å². The lowest BCUT2D eigenvalue weighted by molar-refractivity contribution is 0.111. The van der Waals surface area contributed by atoms with Crippen LogP contribution in [0.3, 0.4) is 0 Å². The highest BCUT2D eigenvalue weighted by Gasteiger charge is 2.08. The molecule has 0 aliphatic carbocycles. The molecule has 0 atom stereocenters. The van der Waals surface area contributed by atoms with Crippen LogP contribution in [0.25, 0.3) is 0 Å². The van der Waals surface area contributed by atoms with Crippen molar-refractivity contribution in [2.24, 2.45) is 0 Å². The van der Waals surface area contributed by atoms with E-state index < -0.39 is 0 Å². The molecule has 2 aromatic carbocycles. The highest BCUT2D eigenvalue weighted by atomic mass is 16.5. The summed E-state index contributed by atoms with van der Waals surface area (Å²) in [6.45, 7) is 0.198. The lowest BCUT2D eigenvalue weighted by Gasteiger charge is -2.10. The van der Waals surface area contributed by atoms with Crippen LogP contribution in [-0.2, 0) is 6.42 Å². The van der Waals surface area contributed by atoms with Gasteiger partial charge in [-0.1, -0.05) is 24.0 Å². The molecular weight excluding hydrogens is 316 g/mol. The summed E-state index contributed by atoms with van der Waals surface area (Å²) in [5.41, 5.74) is 2.67. The Morgan fingerprint density at radius 3 is 1.60 bits per heavy atom. The second-order valence-corrected chi connectivity index (χ2v) is 5.14. The van der Waals surface area contributed by atoms with Crippen molar-refractivity contribution in [2.45, 2.75) is 6.42 Å². The van der Waals surface area contributed by atoms with Crippen LogP contribution in [0.15, 0.2) is 36.4 Å². The Hall–Kier alpha value is -3.50. The topological polar surface area (TPSA) is 52.6 Å². The molecule has 0 aliphatic rings. The number of hydrogen-bond donors (Lipinski definition) is 0. The van der Waals surface area contributed by atoms with Gasteiger partial charge >= 0.3 is 0 Å². The van der Waals surface area contributed by atoms with E-state index in [4.69, 9.17) is 22.3 Å². The van der Waals surface area contributed by atoms with Crippen LogP contribution in [0.1, 0.15) is 31.8 Å². The number of rotatable bonds is 8. The molecule has 0 fully saturated rings. The first kappa shape index (κ1) is 17.8. The van der Waals surface area contributed by atoms with Crippen molar-refractivity contribution in [3.8, 4) is 36.2 Å². The standard InChI is InChI=1S/C21H16O4/c1-3-9-24-20-7-5-16(12-18(20)14-22)11-17-6-8-21(25-10-4-2)19(13-17)15-23/h1-2,5-8,12-15H,9-11H2. The second kappa shape index (κ2) is 8.96. The summed E-state index contributed by atoms with van der Waals surface area (Å²) < 4.78 is 10.7. The number of benzene rings is 2. The van der Waals surface area contributed by atoms with E-state index in [0.717, 1.165) is 23.7 Å². The van der Waals surface area contributed by atoms with Crippen molar-refractivity contribution in [1.82, 2.24) is 0 Å². The number of ether oxygens (including phenoxy) is 2. The largest absolute Gasteiger partial charge is 0.480 e. The van der Waals surface area contributed by atoms with E-state index in [1.165, 1.54) is 0 Å². The number of terminal acetylenes is 2. The third-order valence-corrected chi connectivity index (χ3v) is 3.43. The molecule has 0 aliphatic heterocycles. The van der Waals surface area contributed by atoms with Crippen LogP contribution < -0.4 is 9.47 Å². The molecule has 0 saturated heterocycles. The summed E-state index contributed by atoms with van der Waals surface area (Å²) in [6, 6.07) is 10.6. The van der Waals surface area contributed by atoms with E-state index in [1.54, 1.807) is 24.3 Å². The Morgan fingerprint density at radius 1 is 0.800 bits per heavy atom. The average molecular weight is 332 g/mol. The van der Waals surface area contributed by atoms with Gasteiger partial charge in [-0.15, -0.1) is 12.8 Å². The van der Waals surface area contributed by atoms with Crippen molar-refractivity contribution in [2.75, 3.05) is 13.2 Å². The van der Waals surface area contributed by atoms with Crippen LogP contribution >= 0.6 is 0 Å². The van der Waals surface area contributed by atoms with Gasteiger partial charge in [0.15, 0.2) is 12.6 Å². The number of aldehydes is 2. The van der Waals surface area contributed by atoms with Crippen LogP contribution in [0.2, 0.25) is 0 Å². The molecule has 0 spiro atoms. The predicted octanol–water partition coefficient (Wildman–Crippen LogP) is 2.93. The summed E-state index contributed by atoms with van der Waals surface area (Å²) in [7, 11) is 0. The Bertz CT molecular complexity index is 782. The van der Waals surface area contributed by atoms with Gasteiger partial charge in [0.2, 0.25) is 0 Å². The van der Waals surface area contributed by atoms with E-state index in [1.807, 2.05) is 12.1 Å². The molecule has 4 heteroatoms. The molecule has 4 nitrogen and oxygen atoms in total.